The Hall–Kier alpha value is -3.20. The van der Waals surface area contributed by atoms with Crippen molar-refractivity contribution in [1.29, 1.82) is 0 Å². The topological polar surface area (TPSA) is 94.4 Å². The van der Waals surface area contributed by atoms with Crippen molar-refractivity contribution in [3.05, 3.63) is 42.6 Å². The highest BCUT2D eigenvalue weighted by Gasteiger charge is 2.26. The fraction of sp³-hybridized carbons (Fsp3) is 0.520. The number of imidazole rings is 1. The van der Waals surface area contributed by atoms with Gasteiger partial charge in [-0.3, -0.25) is 4.79 Å². The summed E-state index contributed by atoms with van der Waals surface area (Å²) in [5, 5.41) is 3.80. The van der Waals surface area contributed by atoms with E-state index in [1.165, 1.54) is 0 Å². The number of ether oxygens (including phenoxy) is 2. The maximum Gasteiger partial charge on any atom is 0.256 e. The SMILES string of the molecule is CCCNC(=O)c1cc2cnc(N3CCOCC3)cc2nc1OC1CCC(n2ccnc2)CC1. The number of nitrogens with zero attached hydrogens (tertiary/aromatic N) is 5. The number of nitrogens with one attached hydrogen (secondary N) is 1. The van der Waals surface area contributed by atoms with Crippen LogP contribution in [0.2, 0.25) is 0 Å². The Kier molecular flexibility index (Phi) is 6.89. The predicted molar refractivity (Wildman–Crippen MR) is 129 cm³/mol. The van der Waals surface area contributed by atoms with Crippen molar-refractivity contribution in [2.24, 2.45) is 0 Å². The Morgan fingerprint density at radius 2 is 2.03 bits per heavy atom. The Balaban J connectivity index is 1.39. The molecule has 1 saturated heterocycles. The van der Waals surface area contributed by atoms with Gasteiger partial charge < -0.3 is 24.3 Å². The van der Waals surface area contributed by atoms with Crippen molar-refractivity contribution in [3.63, 3.8) is 0 Å². The van der Waals surface area contributed by atoms with Crippen molar-refractivity contribution < 1.29 is 14.3 Å². The van der Waals surface area contributed by atoms with Crippen molar-refractivity contribution >= 4 is 22.6 Å². The largest absolute Gasteiger partial charge is 0.474 e. The van der Waals surface area contributed by atoms with Gasteiger partial charge in [0.25, 0.3) is 5.91 Å². The molecule has 2 fully saturated rings. The summed E-state index contributed by atoms with van der Waals surface area (Å²) in [5.74, 6) is 1.13. The molecule has 3 aromatic rings. The summed E-state index contributed by atoms with van der Waals surface area (Å²) in [6.45, 7) is 5.64. The van der Waals surface area contributed by atoms with Gasteiger partial charge >= 0.3 is 0 Å². The fourth-order valence-electron chi connectivity index (χ4n) is 4.70. The lowest BCUT2D eigenvalue weighted by Crippen LogP contribution is -2.36. The van der Waals surface area contributed by atoms with Gasteiger partial charge in [-0.2, -0.15) is 0 Å². The van der Waals surface area contributed by atoms with E-state index in [0.717, 1.165) is 61.9 Å². The van der Waals surface area contributed by atoms with Crippen LogP contribution in [-0.2, 0) is 4.74 Å². The second-order valence-electron chi connectivity index (χ2n) is 8.99. The van der Waals surface area contributed by atoms with Crippen molar-refractivity contribution in [2.75, 3.05) is 37.7 Å². The van der Waals surface area contributed by atoms with E-state index in [0.29, 0.717) is 37.2 Å². The number of hydrogen-bond acceptors (Lipinski definition) is 7. The minimum Gasteiger partial charge on any atom is -0.474 e. The molecular weight excluding hydrogens is 432 g/mol. The van der Waals surface area contributed by atoms with Gasteiger partial charge in [-0.1, -0.05) is 6.92 Å². The van der Waals surface area contributed by atoms with Gasteiger partial charge in [0.1, 0.15) is 17.5 Å². The lowest BCUT2D eigenvalue weighted by atomic mass is 9.93. The zero-order valence-corrected chi connectivity index (χ0v) is 19.7. The monoisotopic (exact) mass is 464 g/mol. The van der Waals surface area contributed by atoms with E-state index in [-0.39, 0.29) is 12.0 Å². The molecule has 9 nitrogen and oxygen atoms in total. The minimum absolute atomic E-state index is 0.0306. The maximum absolute atomic E-state index is 12.9. The third-order valence-corrected chi connectivity index (χ3v) is 6.63. The molecule has 0 radical (unpaired) electrons. The van der Waals surface area contributed by atoms with Crippen LogP contribution < -0.4 is 15.0 Å². The lowest BCUT2D eigenvalue weighted by molar-refractivity contribution is 0.0933. The molecule has 0 aromatic carbocycles. The standard InChI is InChI=1S/C25H32N6O3/c1-2-7-27-24(32)21-14-18-16-28-23(30-10-12-33-13-11-30)15-22(18)29-25(21)34-20-5-3-19(4-6-20)31-9-8-26-17-31/h8-9,14-17,19-20H,2-7,10-13H2,1H3,(H,27,32). The second-order valence-corrected chi connectivity index (χ2v) is 8.99. The summed E-state index contributed by atoms with van der Waals surface area (Å²) in [4.78, 5) is 28.8. The first-order valence-corrected chi connectivity index (χ1v) is 12.3. The van der Waals surface area contributed by atoms with Gasteiger partial charge in [-0.25, -0.2) is 15.0 Å². The summed E-state index contributed by atoms with van der Waals surface area (Å²) >= 11 is 0. The molecule has 34 heavy (non-hydrogen) atoms. The van der Waals surface area contributed by atoms with E-state index in [1.807, 2.05) is 37.8 Å². The van der Waals surface area contributed by atoms with Crippen molar-refractivity contribution in [2.45, 2.75) is 51.2 Å². The van der Waals surface area contributed by atoms with Crippen LogP contribution in [0.15, 0.2) is 37.1 Å². The molecule has 4 heterocycles. The van der Waals surface area contributed by atoms with Crippen LogP contribution in [0.4, 0.5) is 5.82 Å². The van der Waals surface area contributed by atoms with Crippen LogP contribution in [-0.4, -0.2) is 64.4 Å². The molecule has 180 valence electrons. The number of pyridine rings is 2. The third kappa shape index (κ3) is 4.99. The molecule has 1 amide bonds. The average molecular weight is 465 g/mol. The van der Waals surface area contributed by atoms with E-state index >= 15 is 0 Å². The van der Waals surface area contributed by atoms with Crippen LogP contribution in [0.3, 0.4) is 0 Å². The molecule has 1 saturated carbocycles. The molecule has 0 unspecified atom stereocenters. The number of carbonyl (C=O) groups excluding carboxylic acids is 1. The van der Waals surface area contributed by atoms with Crippen LogP contribution in [0, 0.1) is 0 Å². The van der Waals surface area contributed by atoms with Gasteiger partial charge in [0.15, 0.2) is 0 Å². The molecular formula is C25H32N6O3. The molecule has 0 spiro atoms. The molecule has 1 N–H and O–H groups in total. The van der Waals surface area contributed by atoms with Crippen LogP contribution in [0.25, 0.3) is 10.9 Å². The molecule has 5 rings (SSSR count). The number of fused-ring (bicyclic) bond motifs is 1. The second kappa shape index (κ2) is 10.4. The molecule has 3 aromatic heterocycles. The summed E-state index contributed by atoms with van der Waals surface area (Å²) in [5.41, 5.74) is 1.25. The first-order chi connectivity index (χ1) is 16.7. The Morgan fingerprint density at radius 3 is 2.76 bits per heavy atom. The summed E-state index contributed by atoms with van der Waals surface area (Å²) in [6, 6.07) is 4.29. The molecule has 9 heteroatoms. The average Bonchev–Trinajstić information content (AvgIpc) is 3.43. The lowest BCUT2D eigenvalue weighted by Gasteiger charge is -2.30. The van der Waals surface area contributed by atoms with E-state index in [9.17, 15) is 4.79 Å². The number of hydrogen-bond donors (Lipinski definition) is 1. The van der Waals surface area contributed by atoms with Gasteiger partial charge in [-0.05, 0) is 38.2 Å². The van der Waals surface area contributed by atoms with Gasteiger partial charge in [0.2, 0.25) is 5.88 Å². The normalized spacial score (nSPS) is 20.9. The molecule has 2 aliphatic rings. The van der Waals surface area contributed by atoms with E-state index in [1.54, 1.807) is 6.20 Å². The number of anilines is 1. The Morgan fingerprint density at radius 1 is 1.21 bits per heavy atom. The minimum atomic E-state index is -0.157. The quantitative estimate of drug-likeness (QED) is 0.573. The Bertz CT molecular complexity index is 1110. The van der Waals surface area contributed by atoms with Gasteiger partial charge in [0.05, 0.1) is 25.1 Å². The van der Waals surface area contributed by atoms with Crippen molar-refractivity contribution in [1.82, 2.24) is 24.8 Å². The molecule has 0 bridgehead atoms. The highest BCUT2D eigenvalue weighted by Crippen LogP contribution is 2.32. The highest BCUT2D eigenvalue weighted by atomic mass is 16.5. The van der Waals surface area contributed by atoms with Crippen LogP contribution in [0.5, 0.6) is 5.88 Å². The maximum atomic E-state index is 12.9. The summed E-state index contributed by atoms with van der Waals surface area (Å²) in [6.07, 6.45) is 12.3. The van der Waals surface area contributed by atoms with Crippen LogP contribution in [0.1, 0.15) is 55.4 Å². The zero-order chi connectivity index (χ0) is 23.3. The van der Waals surface area contributed by atoms with E-state index < -0.39 is 0 Å². The number of aromatic nitrogens is 4. The third-order valence-electron chi connectivity index (χ3n) is 6.63. The molecule has 1 aliphatic carbocycles. The molecule has 0 atom stereocenters. The smallest absolute Gasteiger partial charge is 0.256 e. The molecule has 1 aliphatic heterocycles. The van der Waals surface area contributed by atoms with E-state index in [2.05, 4.69) is 24.8 Å². The summed E-state index contributed by atoms with van der Waals surface area (Å²) in [7, 11) is 0. The van der Waals surface area contributed by atoms with Crippen molar-refractivity contribution in [3.8, 4) is 5.88 Å². The zero-order valence-electron chi connectivity index (χ0n) is 19.7. The van der Waals surface area contributed by atoms with Gasteiger partial charge in [-0.15, -0.1) is 0 Å². The van der Waals surface area contributed by atoms with Crippen LogP contribution >= 0.6 is 0 Å². The predicted octanol–water partition coefficient (Wildman–Crippen LogP) is 3.37. The number of rotatable bonds is 7. The Labute approximate surface area is 199 Å². The fourth-order valence-corrected chi connectivity index (χ4v) is 4.70. The summed E-state index contributed by atoms with van der Waals surface area (Å²) < 4.78 is 14.0. The highest BCUT2D eigenvalue weighted by molar-refractivity contribution is 6.00. The van der Waals surface area contributed by atoms with E-state index in [4.69, 9.17) is 14.5 Å². The first kappa shape index (κ1) is 22.6. The number of amides is 1. The number of carbonyl (C=O) groups is 1. The van der Waals surface area contributed by atoms with Gasteiger partial charge in [0, 0.05) is 55.7 Å². The number of morpholine rings is 1. The first-order valence-electron chi connectivity index (χ1n) is 12.3.